The van der Waals surface area contributed by atoms with Crippen LogP contribution in [0.3, 0.4) is 0 Å². The van der Waals surface area contributed by atoms with Gasteiger partial charge >= 0.3 is 17.9 Å². The fourth-order valence-corrected chi connectivity index (χ4v) is 1.82. The van der Waals surface area contributed by atoms with Gasteiger partial charge in [-0.05, 0) is 47.7 Å². The molecule has 124 valence electrons. The number of carboxylic acids is 1. The minimum atomic E-state index is -4.28. The molecule has 1 aromatic rings. The number of carbonyl (C=O) groups excluding carboxylic acids is 3. The minimum Gasteiger partial charge on any atom is -0.544 e. The van der Waals surface area contributed by atoms with E-state index >= 15 is 0 Å². The number of aliphatic carboxylic acids is 1. The Bertz CT molecular complexity index is 671. The van der Waals surface area contributed by atoms with Gasteiger partial charge in [0.25, 0.3) is 0 Å². The summed E-state index contributed by atoms with van der Waals surface area (Å²) in [7, 11) is 0. The predicted octanol–water partition coefficient (Wildman–Crippen LogP) is 1.31. The lowest BCUT2D eigenvalue weighted by atomic mass is 10.2. The van der Waals surface area contributed by atoms with E-state index in [1.807, 2.05) is 0 Å². The largest absolute Gasteiger partial charge is 0.544 e. The summed E-state index contributed by atoms with van der Waals surface area (Å²) < 4.78 is 35.1. The second-order valence-electron chi connectivity index (χ2n) is 4.38. The van der Waals surface area contributed by atoms with Gasteiger partial charge in [-0.15, -0.1) is 0 Å². The minimum absolute atomic E-state index is 0.112. The first-order valence-corrected chi connectivity index (χ1v) is 7.06. The molecule has 0 aliphatic rings. The molecule has 0 atom stereocenters. The highest BCUT2D eigenvalue weighted by molar-refractivity contribution is 14.1. The third-order valence-electron chi connectivity index (χ3n) is 2.40. The van der Waals surface area contributed by atoms with Crippen molar-refractivity contribution >= 4 is 40.5 Å². The SMILES string of the molecule is C=C(C)C(=O)Oc1ccc(C(=O)OCC(F)(F)C(=O)[O-])cc1I. The first-order chi connectivity index (χ1) is 10.5. The predicted molar refractivity (Wildman–Crippen MR) is 79.8 cm³/mol. The van der Waals surface area contributed by atoms with Crippen LogP contribution < -0.4 is 9.84 Å². The van der Waals surface area contributed by atoms with Crippen molar-refractivity contribution in [1.29, 1.82) is 0 Å². The molecule has 0 aromatic heterocycles. The standard InChI is InChI=1S/C14H11F2IO6/c1-7(2)11(18)23-10-4-3-8(5-9(10)17)12(19)22-6-14(15,16)13(20)21/h3-5H,1,6H2,2H3,(H,20,21)/p-1. The highest BCUT2D eigenvalue weighted by Crippen LogP contribution is 2.23. The van der Waals surface area contributed by atoms with Gasteiger partial charge in [-0.2, -0.15) is 8.78 Å². The number of benzene rings is 1. The van der Waals surface area contributed by atoms with Crippen molar-refractivity contribution in [3.63, 3.8) is 0 Å². The lowest BCUT2D eigenvalue weighted by Crippen LogP contribution is -2.45. The Morgan fingerprint density at radius 2 is 1.96 bits per heavy atom. The van der Waals surface area contributed by atoms with E-state index < -0.39 is 30.4 Å². The maximum Gasteiger partial charge on any atom is 0.338 e. The van der Waals surface area contributed by atoms with Crippen LogP contribution in [0.5, 0.6) is 5.75 Å². The number of hydrogen-bond donors (Lipinski definition) is 0. The highest BCUT2D eigenvalue weighted by atomic mass is 127. The molecule has 0 aliphatic carbocycles. The first-order valence-electron chi connectivity index (χ1n) is 5.98. The molecule has 0 unspecified atom stereocenters. The zero-order chi connectivity index (χ0) is 17.8. The summed E-state index contributed by atoms with van der Waals surface area (Å²) in [6, 6.07) is 3.69. The topological polar surface area (TPSA) is 92.7 Å². The Kier molecular flexibility index (Phi) is 6.19. The van der Waals surface area contributed by atoms with Crippen molar-refractivity contribution < 1.29 is 37.7 Å². The Morgan fingerprint density at radius 1 is 1.35 bits per heavy atom. The lowest BCUT2D eigenvalue weighted by molar-refractivity contribution is -0.331. The molecule has 9 heteroatoms. The molecule has 0 spiro atoms. The molecule has 0 saturated heterocycles. The van der Waals surface area contributed by atoms with Crippen molar-refractivity contribution in [2.45, 2.75) is 12.8 Å². The van der Waals surface area contributed by atoms with Gasteiger partial charge in [-0.1, -0.05) is 6.58 Å². The molecule has 0 N–H and O–H groups in total. The summed E-state index contributed by atoms with van der Waals surface area (Å²) >= 11 is 1.76. The van der Waals surface area contributed by atoms with E-state index in [2.05, 4.69) is 11.3 Å². The number of carboxylic acid groups (broad SMARTS) is 1. The van der Waals surface area contributed by atoms with Gasteiger partial charge < -0.3 is 19.4 Å². The zero-order valence-electron chi connectivity index (χ0n) is 11.7. The van der Waals surface area contributed by atoms with E-state index in [0.717, 1.165) is 0 Å². The van der Waals surface area contributed by atoms with E-state index in [0.29, 0.717) is 3.57 Å². The van der Waals surface area contributed by atoms with Crippen LogP contribution in [0.25, 0.3) is 0 Å². The van der Waals surface area contributed by atoms with Gasteiger partial charge in [0.1, 0.15) is 11.7 Å². The Hall–Kier alpha value is -2.04. The molecule has 0 heterocycles. The number of alkyl halides is 2. The van der Waals surface area contributed by atoms with Gasteiger partial charge in [0.05, 0.1) is 9.13 Å². The van der Waals surface area contributed by atoms with Crippen LogP contribution >= 0.6 is 22.6 Å². The van der Waals surface area contributed by atoms with E-state index in [4.69, 9.17) is 4.74 Å². The maximum absolute atomic E-state index is 12.8. The van der Waals surface area contributed by atoms with Crippen LogP contribution in [0.15, 0.2) is 30.4 Å². The summed E-state index contributed by atoms with van der Waals surface area (Å²) in [6.07, 6.45) is 0. The summed E-state index contributed by atoms with van der Waals surface area (Å²) in [5, 5.41) is 10.1. The Balaban J connectivity index is 2.81. The van der Waals surface area contributed by atoms with Crippen LogP contribution in [0.2, 0.25) is 0 Å². The average Bonchev–Trinajstić information content (AvgIpc) is 2.46. The molecule has 1 rings (SSSR count). The number of hydrogen-bond acceptors (Lipinski definition) is 6. The Morgan fingerprint density at radius 3 is 2.43 bits per heavy atom. The quantitative estimate of drug-likeness (QED) is 0.288. The molecular weight excluding hydrogens is 429 g/mol. The van der Waals surface area contributed by atoms with E-state index in [9.17, 15) is 28.3 Å². The molecule has 6 nitrogen and oxygen atoms in total. The monoisotopic (exact) mass is 439 g/mol. The smallest absolute Gasteiger partial charge is 0.338 e. The van der Waals surface area contributed by atoms with Gasteiger partial charge in [0.15, 0.2) is 6.61 Å². The van der Waals surface area contributed by atoms with Crippen LogP contribution in [-0.4, -0.2) is 30.4 Å². The first kappa shape index (κ1) is 19.0. The number of halogens is 3. The molecule has 0 fully saturated rings. The maximum atomic E-state index is 12.8. The van der Waals surface area contributed by atoms with Crippen molar-refractivity contribution in [3.05, 3.63) is 39.5 Å². The van der Waals surface area contributed by atoms with Crippen LogP contribution in [0, 0.1) is 3.57 Å². The third kappa shape index (κ3) is 5.27. The molecule has 23 heavy (non-hydrogen) atoms. The van der Waals surface area contributed by atoms with Crippen LogP contribution in [0.4, 0.5) is 8.78 Å². The van der Waals surface area contributed by atoms with Crippen molar-refractivity contribution in [1.82, 2.24) is 0 Å². The van der Waals surface area contributed by atoms with Crippen LogP contribution in [-0.2, 0) is 14.3 Å². The van der Waals surface area contributed by atoms with Crippen molar-refractivity contribution in [2.24, 2.45) is 0 Å². The van der Waals surface area contributed by atoms with Crippen molar-refractivity contribution in [2.75, 3.05) is 6.61 Å². The second-order valence-corrected chi connectivity index (χ2v) is 5.55. The van der Waals surface area contributed by atoms with Crippen molar-refractivity contribution in [3.8, 4) is 5.75 Å². The number of esters is 2. The summed E-state index contributed by atoms with van der Waals surface area (Å²) in [4.78, 5) is 33.1. The summed E-state index contributed by atoms with van der Waals surface area (Å²) in [5.74, 6) is -8.58. The molecule has 0 saturated carbocycles. The molecule has 0 amide bonds. The van der Waals surface area contributed by atoms with E-state index in [-0.39, 0.29) is 16.9 Å². The zero-order valence-corrected chi connectivity index (χ0v) is 13.9. The fraction of sp³-hybridized carbons (Fsp3) is 0.214. The fourth-order valence-electron chi connectivity index (χ4n) is 1.20. The number of rotatable bonds is 6. The molecular formula is C14H10F2IO6-. The van der Waals surface area contributed by atoms with Gasteiger partial charge in [0, 0.05) is 5.57 Å². The summed E-state index contributed by atoms with van der Waals surface area (Å²) in [5.41, 5.74) is 0.0625. The Labute approximate surface area is 143 Å². The molecule has 0 bridgehead atoms. The molecule has 1 aromatic carbocycles. The van der Waals surface area contributed by atoms with Gasteiger partial charge in [-0.3, -0.25) is 0 Å². The number of ether oxygens (including phenoxy) is 2. The normalized spacial score (nSPS) is 10.8. The van der Waals surface area contributed by atoms with Gasteiger partial charge in [-0.25, -0.2) is 9.59 Å². The molecule has 0 aliphatic heterocycles. The third-order valence-corrected chi connectivity index (χ3v) is 3.24. The van der Waals surface area contributed by atoms with E-state index in [1.54, 1.807) is 22.6 Å². The number of carbonyl (C=O) groups is 3. The van der Waals surface area contributed by atoms with Crippen LogP contribution in [0.1, 0.15) is 17.3 Å². The second kappa shape index (κ2) is 7.49. The molecule has 0 radical (unpaired) electrons. The summed E-state index contributed by atoms with van der Waals surface area (Å²) in [6.45, 7) is 3.23. The highest BCUT2D eigenvalue weighted by Gasteiger charge is 2.33. The van der Waals surface area contributed by atoms with Gasteiger partial charge in [0.2, 0.25) is 0 Å². The lowest BCUT2D eigenvalue weighted by Gasteiger charge is -2.17. The average molecular weight is 439 g/mol. The van der Waals surface area contributed by atoms with E-state index in [1.165, 1.54) is 25.1 Å².